The fourth-order valence-electron chi connectivity index (χ4n) is 0.968. The van der Waals surface area contributed by atoms with E-state index in [1.54, 1.807) is 0 Å². The smallest absolute Gasteiger partial charge is 0.208 e. The first-order valence-corrected chi connectivity index (χ1v) is 5.89. The van der Waals surface area contributed by atoms with Crippen molar-refractivity contribution in [3.8, 4) is 0 Å². The third kappa shape index (κ3) is 1.62. The largest absolute Gasteiger partial charge is 0.406 e. The lowest BCUT2D eigenvalue weighted by atomic mass is 10.3. The molecule has 0 aliphatic carbocycles. The second kappa shape index (κ2) is 2.83. The van der Waals surface area contributed by atoms with E-state index in [4.69, 9.17) is 0 Å². The summed E-state index contributed by atoms with van der Waals surface area (Å²) >= 11 is 0. The minimum absolute atomic E-state index is 2.98. The molecule has 0 aromatic heterocycles. The Morgan fingerprint density at radius 1 is 0.867 bits per heavy atom. The molecule has 0 aromatic rings. The minimum Gasteiger partial charge on any atom is -0.208 e. The highest BCUT2D eigenvalue weighted by molar-refractivity contribution is 7.83. The van der Waals surface area contributed by atoms with Gasteiger partial charge in [-0.2, -0.15) is 25.2 Å². The molecule has 12 heteroatoms. The molecule has 0 aromatic carbocycles. The summed E-state index contributed by atoms with van der Waals surface area (Å²) in [6, 6.07) is 0. The van der Waals surface area contributed by atoms with Gasteiger partial charge in [0, 0.05) is 0 Å². The van der Waals surface area contributed by atoms with Crippen LogP contribution in [0.25, 0.3) is 0 Å². The minimum atomic E-state index is -4.85. The zero-order valence-electron chi connectivity index (χ0n) is 6.49. The van der Waals surface area contributed by atoms with Gasteiger partial charge in [-0.25, -0.2) is 17.1 Å². The molecule has 1 spiro atoms. The third-order valence-corrected chi connectivity index (χ3v) is 3.24. The first kappa shape index (κ1) is 11.1. The molecular weight excluding hydrogens is 266 g/mol. The Morgan fingerprint density at radius 3 is 1.40 bits per heavy atom. The van der Waals surface area contributed by atoms with Crippen molar-refractivity contribution in [1.29, 1.82) is 0 Å². The molecule has 0 saturated carbocycles. The highest BCUT2D eigenvalue weighted by atomic mass is 32.3. The number of hydrogen-bond acceptors (Lipinski definition) is 8. The standard InChI is InChI=1S/C3H2F2O8S2/c4-1-3(12-14(6,7)10-1)2(5)11-15(8,9)13-3/h1-2H. The van der Waals surface area contributed by atoms with E-state index < -0.39 is 39.3 Å². The van der Waals surface area contributed by atoms with E-state index in [1.165, 1.54) is 0 Å². The average molecular weight is 268 g/mol. The molecule has 2 aliphatic rings. The lowest BCUT2D eigenvalue weighted by Gasteiger charge is -2.16. The summed E-state index contributed by atoms with van der Waals surface area (Å²) in [4.78, 5) is 0. The molecule has 2 unspecified atom stereocenters. The van der Waals surface area contributed by atoms with Crippen molar-refractivity contribution in [2.45, 2.75) is 18.5 Å². The Bertz CT molecular complexity index is 434. The van der Waals surface area contributed by atoms with Crippen LogP contribution >= 0.6 is 0 Å². The van der Waals surface area contributed by atoms with E-state index in [1.807, 2.05) is 0 Å². The summed E-state index contributed by atoms with van der Waals surface area (Å²) in [7, 11) is -9.71. The van der Waals surface area contributed by atoms with Crippen molar-refractivity contribution in [3.63, 3.8) is 0 Å². The summed E-state index contributed by atoms with van der Waals surface area (Å²) in [5.41, 5.74) is 0. The second-order valence-corrected chi connectivity index (χ2v) is 4.88. The fraction of sp³-hybridized carbons (Fsp3) is 1.00. The number of alkyl halides is 2. The summed E-state index contributed by atoms with van der Waals surface area (Å²) in [6.07, 6.45) is -5.95. The zero-order chi connectivity index (χ0) is 11.5. The van der Waals surface area contributed by atoms with Crippen LogP contribution in [0.5, 0.6) is 0 Å². The molecule has 15 heavy (non-hydrogen) atoms. The molecular formula is C3H2F2O8S2. The highest BCUT2D eigenvalue weighted by Gasteiger charge is 2.70. The predicted molar refractivity (Wildman–Crippen MR) is 34.7 cm³/mol. The Hall–Kier alpha value is -0.400. The molecule has 88 valence electrons. The van der Waals surface area contributed by atoms with Crippen molar-refractivity contribution in [1.82, 2.24) is 0 Å². The quantitative estimate of drug-likeness (QED) is 0.542. The van der Waals surface area contributed by atoms with Gasteiger partial charge in [0.05, 0.1) is 0 Å². The van der Waals surface area contributed by atoms with E-state index in [9.17, 15) is 25.6 Å². The van der Waals surface area contributed by atoms with Crippen LogP contribution in [0.1, 0.15) is 0 Å². The van der Waals surface area contributed by atoms with Gasteiger partial charge in [0.25, 0.3) is 12.7 Å². The summed E-state index contributed by atoms with van der Waals surface area (Å²) in [5.74, 6) is -3.28. The summed E-state index contributed by atoms with van der Waals surface area (Å²) in [5, 5.41) is 0. The monoisotopic (exact) mass is 268 g/mol. The summed E-state index contributed by atoms with van der Waals surface area (Å²) in [6.45, 7) is 0. The Balaban J connectivity index is 2.45. The summed E-state index contributed by atoms with van der Waals surface area (Å²) < 4.78 is 82.7. The van der Waals surface area contributed by atoms with Gasteiger partial charge in [0.1, 0.15) is 0 Å². The van der Waals surface area contributed by atoms with Gasteiger partial charge >= 0.3 is 26.6 Å². The molecule has 0 N–H and O–H groups in total. The molecule has 2 rings (SSSR count). The van der Waals surface area contributed by atoms with Gasteiger partial charge in [-0.15, -0.1) is 0 Å². The van der Waals surface area contributed by atoms with Crippen LogP contribution in [0, 0.1) is 0 Å². The first-order chi connectivity index (χ1) is 6.67. The van der Waals surface area contributed by atoms with Crippen molar-refractivity contribution in [2.75, 3.05) is 0 Å². The molecule has 2 atom stereocenters. The van der Waals surface area contributed by atoms with Crippen molar-refractivity contribution < 1.29 is 42.3 Å². The van der Waals surface area contributed by atoms with Crippen molar-refractivity contribution >= 4 is 20.8 Å². The highest BCUT2D eigenvalue weighted by Crippen LogP contribution is 2.44. The van der Waals surface area contributed by atoms with Crippen LogP contribution in [0.4, 0.5) is 8.78 Å². The lowest BCUT2D eigenvalue weighted by Crippen LogP contribution is -2.44. The van der Waals surface area contributed by atoms with Crippen LogP contribution in [0.3, 0.4) is 0 Å². The number of hydrogen-bond donors (Lipinski definition) is 0. The molecule has 2 aliphatic heterocycles. The fourth-order valence-corrected chi connectivity index (χ4v) is 2.78. The van der Waals surface area contributed by atoms with Crippen molar-refractivity contribution in [2.24, 2.45) is 0 Å². The van der Waals surface area contributed by atoms with E-state index >= 15 is 0 Å². The Kier molecular flexibility index (Phi) is 2.10. The van der Waals surface area contributed by atoms with Crippen LogP contribution in [-0.4, -0.2) is 35.3 Å². The molecule has 0 amide bonds. The predicted octanol–water partition coefficient (Wildman–Crippen LogP) is -1.14. The first-order valence-electron chi connectivity index (χ1n) is 3.23. The van der Waals surface area contributed by atoms with E-state index in [-0.39, 0.29) is 0 Å². The van der Waals surface area contributed by atoms with Crippen LogP contribution in [0.15, 0.2) is 0 Å². The van der Waals surface area contributed by atoms with E-state index in [0.717, 1.165) is 0 Å². The van der Waals surface area contributed by atoms with Gasteiger partial charge in [0.15, 0.2) is 0 Å². The normalized spacial score (nSPS) is 47.3. The second-order valence-electron chi connectivity index (χ2n) is 2.53. The zero-order valence-corrected chi connectivity index (χ0v) is 8.13. The molecule has 0 bridgehead atoms. The van der Waals surface area contributed by atoms with Gasteiger partial charge in [-0.3, -0.25) is 0 Å². The maximum absolute atomic E-state index is 12.9. The van der Waals surface area contributed by atoms with Gasteiger partial charge in [-0.1, -0.05) is 0 Å². The lowest BCUT2D eigenvalue weighted by molar-refractivity contribution is -0.219. The topological polar surface area (TPSA) is 105 Å². The van der Waals surface area contributed by atoms with Gasteiger partial charge in [-0.05, 0) is 0 Å². The maximum atomic E-state index is 12.9. The molecule has 2 heterocycles. The molecule has 2 fully saturated rings. The third-order valence-electron chi connectivity index (χ3n) is 1.50. The van der Waals surface area contributed by atoms with Crippen LogP contribution in [0.2, 0.25) is 0 Å². The SMILES string of the molecule is O=S1(=O)OC(F)C2(O1)OS(=O)(=O)OC2F. The molecule has 0 radical (unpaired) electrons. The van der Waals surface area contributed by atoms with Crippen LogP contribution in [-0.2, 0) is 37.5 Å². The maximum Gasteiger partial charge on any atom is 0.406 e. The Morgan fingerprint density at radius 2 is 1.20 bits per heavy atom. The van der Waals surface area contributed by atoms with Gasteiger partial charge < -0.3 is 0 Å². The molecule has 8 nitrogen and oxygen atoms in total. The van der Waals surface area contributed by atoms with Crippen molar-refractivity contribution in [3.05, 3.63) is 0 Å². The number of rotatable bonds is 0. The van der Waals surface area contributed by atoms with E-state index in [2.05, 4.69) is 16.7 Å². The molecule has 2 saturated heterocycles. The van der Waals surface area contributed by atoms with E-state index in [0.29, 0.717) is 0 Å². The van der Waals surface area contributed by atoms with Crippen LogP contribution < -0.4 is 0 Å². The van der Waals surface area contributed by atoms with Gasteiger partial charge in [0.2, 0.25) is 0 Å². The number of halogens is 2. The average Bonchev–Trinajstić information content (AvgIpc) is 2.31. The Labute approximate surface area is 82.3 Å².